The fourth-order valence-electron chi connectivity index (χ4n) is 5.12. The van der Waals surface area contributed by atoms with Gasteiger partial charge in [-0.1, -0.05) is 12.2 Å². The third-order valence-electron chi connectivity index (χ3n) is 7.35. The minimum atomic E-state index is -0.406. The van der Waals surface area contributed by atoms with Crippen LogP contribution < -0.4 is 20.1 Å². The van der Waals surface area contributed by atoms with Crippen LogP contribution in [-0.4, -0.2) is 57.5 Å². The van der Waals surface area contributed by atoms with Crippen LogP contribution in [-0.2, 0) is 16.1 Å². The van der Waals surface area contributed by atoms with Crippen molar-refractivity contribution < 1.29 is 19.0 Å². The summed E-state index contributed by atoms with van der Waals surface area (Å²) < 4.78 is 17.1. The molecule has 7 rings (SSSR count). The van der Waals surface area contributed by atoms with E-state index in [-0.39, 0.29) is 23.7 Å². The number of carbonyl (C=O) groups is 1. The van der Waals surface area contributed by atoms with Crippen LogP contribution in [0, 0.1) is 11.3 Å². The van der Waals surface area contributed by atoms with Crippen LogP contribution in [0.25, 0.3) is 17.1 Å². The topological polar surface area (TPSA) is 144 Å². The van der Waals surface area contributed by atoms with Crippen molar-refractivity contribution in [3.63, 3.8) is 0 Å². The zero-order valence-corrected chi connectivity index (χ0v) is 20.3. The highest BCUT2D eigenvalue weighted by Gasteiger charge is 2.48. The molecule has 0 radical (unpaired) electrons. The molecule has 3 aromatic heterocycles. The number of nitriles is 1. The Balaban J connectivity index is 1.16. The number of hydrogen-bond acceptors (Lipinski definition) is 10. The number of pyridine rings is 2. The largest absolute Gasteiger partial charge is 0.481 e. The SMILES string of the molecule is COc1ccc2nnc(C#N)c(/C=C/C34CCC(NCc5ccc6c(n5)NC(=O)CO6)(CC3)CO4)c2n1. The van der Waals surface area contributed by atoms with Crippen LogP contribution in [0.4, 0.5) is 5.82 Å². The lowest BCUT2D eigenvalue weighted by molar-refractivity contribution is -0.134. The van der Waals surface area contributed by atoms with E-state index in [9.17, 15) is 10.1 Å². The number of nitrogens with one attached hydrogen (secondary N) is 2. The van der Waals surface area contributed by atoms with Crippen LogP contribution >= 0.6 is 0 Å². The molecule has 6 heterocycles. The quantitative estimate of drug-likeness (QED) is 0.519. The van der Waals surface area contributed by atoms with Gasteiger partial charge >= 0.3 is 0 Å². The van der Waals surface area contributed by atoms with Crippen molar-refractivity contribution in [2.24, 2.45) is 0 Å². The molecular weight excluding hydrogens is 474 g/mol. The maximum Gasteiger partial charge on any atom is 0.263 e. The fourth-order valence-corrected chi connectivity index (χ4v) is 5.12. The van der Waals surface area contributed by atoms with Crippen molar-refractivity contribution >= 4 is 28.8 Å². The van der Waals surface area contributed by atoms with Gasteiger partial charge in [0, 0.05) is 23.7 Å². The number of anilines is 1. The predicted octanol–water partition coefficient (Wildman–Crippen LogP) is 2.52. The standard InChI is InChI=1S/C26H25N7O4/c1-35-22-5-3-18-23(31-22)17(19(12-27)33-32-18)6-7-26-10-8-25(9-11-26,15-37-26)28-13-16-2-4-20-24(29-16)30-21(34)14-36-20/h2-7,28H,8-11,13-15H2,1H3,(H,29,30,34)/b7-6+. The number of hydrogen-bond donors (Lipinski definition) is 2. The van der Waals surface area contributed by atoms with Gasteiger partial charge < -0.3 is 24.8 Å². The zero-order valence-electron chi connectivity index (χ0n) is 20.3. The van der Waals surface area contributed by atoms with E-state index in [0.717, 1.165) is 31.4 Å². The Kier molecular flexibility index (Phi) is 5.70. The van der Waals surface area contributed by atoms with Crippen molar-refractivity contribution in [3.05, 3.63) is 47.3 Å². The van der Waals surface area contributed by atoms with Gasteiger partial charge in [0.05, 0.1) is 25.0 Å². The monoisotopic (exact) mass is 499 g/mol. The Morgan fingerprint density at radius 1 is 1.19 bits per heavy atom. The third-order valence-corrected chi connectivity index (χ3v) is 7.35. The Morgan fingerprint density at radius 2 is 2.05 bits per heavy atom. The van der Waals surface area contributed by atoms with Gasteiger partial charge in [-0.25, -0.2) is 9.97 Å². The molecule has 0 atom stereocenters. The van der Waals surface area contributed by atoms with Gasteiger partial charge in [0.15, 0.2) is 23.9 Å². The normalized spacial score (nSPS) is 24.4. The molecule has 0 unspecified atom stereocenters. The number of methoxy groups -OCH3 is 1. The highest BCUT2D eigenvalue weighted by atomic mass is 16.5. The molecule has 1 amide bonds. The smallest absolute Gasteiger partial charge is 0.263 e. The van der Waals surface area contributed by atoms with E-state index in [1.54, 1.807) is 19.2 Å². The van der Waals surface area contributed by atoms with Crippen LogP contribution in [0.1, 0.15) is 42.6 Å². The Bertz CT molecular complexity index is 1440. The van der Waals surface area contributed by atoms with E-state index < -0.39 is 5.60 Å². The molecule has 11 nitrogen and oxygen atoms in total. The Labute approximate surface area is 212 Å². The molecule has 0 spiro atoms. The van der Waals surface area contributed by atoms with Crippen molar-refractivity contribution in [3.8, 4) is 17.7 Å². The second kappa shape index (κ2) is 9.06. The van der Waals surface area contributed by atoms with E-state index >= 15 is 0 Å². The summed E-state index contributed by atoms with van der Waals surface area (Å²) in [5.74, 6) is 1.29. The molecule has 1 aliphatic carbocycles. The number of rotatable bonds is 6. The minimum absolute atomic E-state index is 0.0132. The molecule has 2 bridgehead atoms. The summed E-state index contributed by atoms with van der Waals surface area (Å²) in [4.78, 5) is 20.6. The summed E-state index contributed by atoms with van der Waals surface area (Å²) >= 11 is 0. The molecule has 0 aromatic carbocycles. The van der Waals surface area contributed by atoms with E-state index in [0.29, 0.717) is 47.2 Å². The molecule has 2 saturated heterocycles. The fraction of sp³-hybridized carbons (Fsp3) is 0.385. The molecule has 3 aromatic rings. The maximum absolute atomic E-state index is 11.6. The molecular formula is C26H25N7O4. The highest BCUT2D eigenvalue weighted by Crippen LogP contribution is 2.45. The lowest BCUT2D eigenvalue weighted by atomic mass is 9.71. The molecule has 1 saturated carbocycles. The summed E-state index contributed by atoms with van der Waals surface area (Å²) in [5.41, 5.74) is 2.27. The molecule has 2 N–H and O–H groups in total. The highest BCUT2D eigenvalue weighted by molar-refractivity contribution is 5.94. The van der Waals surface area contributed by atoms with Crippen molar-refractivity contribution in [1.82, 2.24) is 25.5 Å². The van der Waals surface area contributed by atoms with Crippen LogP contribution in [0.5, 0.6) is 11.6 Å². The first-order valence-electron chi connectivity index (χ1n) is 12.1. The summed E-state index contributed by atoms with van der Waals surface area (Å²) in [6.07, 6.45) is 7.49. The van der Waals surface area contributed by atoms with Gasteiger partial charge in [0.1, 0.15) is 17.1 Å². The van der Waals surface area contributed by atoms with Gasteiger partial charge in [0.25, 0.3) is 5.91 Å². The number of carbonyl (C=O) groups excluding carboxylic acids is 1. The first-order valence-corrected chi connectivity index (χ1v) is 12.1. The first-order chi connectivity index (χ1) is 18.0. The van der Waals surface area contributed by atoms with E-state index in [1.807, 2.05) is 24.3 Å². The average molecular weight is 500 g/mol. The number of amides is 1. The summed E-state index contributed by atoms with van der Waals surface area (Å²) in [6.45, 7) is 1.14. The lowest BCUT2D eigenvalue weighted by Gasteiger charge is -2.52. The van der Waals surface area contributed by atoms with Crippen LogP contribution in [0.2, 0.25) is 0 Å². The molecule has 188 valence electrons. The minimum Gasteiger partial charge on any atom is -0.481 e. The summed E-state index contributed by atoms with van der Waals surface area (Å²) in [6, 6.07) is 9.36. The lowest BCUT2D eigenvalue weighted by Crippen LogP contribution is -2.60. The van der Waals surface area contributed by atoms with Gasteiger partial charge in [-0.3, -0.25) is 4.79 Å². The van der Waals surface area contributed by atoms with E-state index in [2.05, 4.69) is 36.9 Å². The first kappa shape index (κ1) is 23.3. The number of fused-ring (bicyclic) bond motifs is 5. The molecule has 11 heteroatoms. The van der Waals surface area contributed by atoms with Crippen LogP contribution in [0.15, 0.2) is 30.3 Å². The number of ether oxygens (including phenoxy) is 3. The van der Waals surface area contributed by atoms with E-state index in [1.165, 1.54) is 0 Å². The van der Waals surface area contributed by atoms with Gasteiger partial charge in [-0.05, 0) is 43.9 Å². The second-order valence-corrected chi connectivity index (χ2v) is 9.60. The Hall–Kier alpha value is -4.14. The maximum atomic E-state index is 11.6. The third kappa shape index (κ3) is 4.34. The number of aromatic nitrogens is 4. The molecule has 4 aliphatic rings. The van der Waals surface area contributed by atoms with Crippen LogP contribution in [0.3, 0.4) is 0 Å². The second-order valence-electron chi connectivity index (χ2n) is 9.60. The molecule has 3 aliphatic heterocycles. The van der Waals surface area contributed by atoms with Gasteiger partial charge in [-0.2, -0.15) is 5.26 Å². The van der Waals surface area contributed by atoms with E-state index in [4.69, 9.17) is 14.2 Å². The average Bonchev–Trinajstić information content (AvgIpc) is 2.95. The van der Waals surface area contributed by atoms with Gasteiger partial charge in [0.2, 0.25) is 5.88 Å². The Morgan fingerprint density at radius 3 is 2.81 bits per heavy atom. The number of nitrogens with zero attached hydrogens (tertiary/aromatic N) is 5. The van der Waals surface area contributed by atoms with Gasteiger partial charge in [-0.15, -0.1) is 10.2 Å². The summed E-state index contributed by atoms with van der Waals surface area (Å²) in [5, 5.41) is 24.2. The zero-order chi connectivity index (χ0) is 25.5. The van der Waals surface area contributed by atoms with Crippen molar-refractivity contribution in [2.75, 3.05) is 25.6 Å². The molecule has 3 fully saturated rings. The molecule has 37 heavy (non-hydrogen) atoms. The van der Waals surface area contributed by atoms with Crippen molar-refractivity contribution in [2.45, 2.75) is 43.4 Å². The predicted molar refractivity (Wildman–Crippen MR) is 133 cm³/mol. The summed E-state index contributed by atoms with van der Waals surface area (Å²) in [7, 11) is 1.55. The van der Waals surface area contributed by atoms with Crippen molar-refractivity contribution in [1.29, 1.82) is 5.26 Å².